The summed E-state index contributed by atoms with van der Waals surface area (Å²) in [5, 5.41) is 9.16. The molecule has 4 nitrogen and oxygen atoms in total. The summed E-state index contributed by atoms with van der Waals surface area (Å²) >= 11 is 1.71. The van der Waals surface area contributed by atoms with Gasteiger partial charge in [0.25, 0.3) is 5.22 Å². The molecule has 2 rings (SSSR count). The average molecular weight is 241 g/mol. The lowest BCUT2D eigenvalue weighted by Crippen LogP contribution is -2.22. The summed E-state index contributed by atoms with van der Waals surface area (Å²) in [6, 6.07) is 0. The molecule has 1 heterocycles. The summed E-state index contributed by atoms with van der Waals surface area (Å²) in [7, 11) is 0. The second-order valence-electron chi connectivity index (χ2n) is 4.67. The molecule has 1 aromatic rings. The minimum atomic E-state index is 0.325. The van der Waals surface area contributed by atoms with Crippen molar-refractivity contribution < 1.29 is 4.42 Å². The largest absolute Gasteiger partial charge is 0.415 e. The molecular formula is C11H19N3OS. The molecule has 1 saturated carbocycles. The Morgan fingerprint density at radius 2 is 2.12 bits per heavy atom. The number of hydrogen-bond acceptors (Lipinski definition) is 5. The highest BCUT2D eigenvalue weighted by Crippen LogP contribution is 2.38. The van der Waals surface area contributed by atoms with Crippen molar-refractivity contribution in [2.45, 2.75) is 50.1 Å². The Morgan fingerprint density at radius 1 is 1.31 bits per heavy atom. The van der Waals surface area contributed by atoms with E-state index in [0.29, 0.717) is 22.9 Å². The topological polar surface area (TPSA) is 64.9 Å². The van der Waals surface area contributed by atoms with Crippen molar-refractivity contribution in [3.63, 3.8) is 0 Å². The number of thioether (sulfide) groups is 1. The maximum atomic E-state index is 5.43. The van der Waals surface area contributed by atoms with Crippen molar-refractivity contribution in [1.82, 2.24) is 10.2 Å². The summed E-state index contributed by atoms with van der Waals surface area (Å²) in [4.78, 5) is 0. The minimum absolute atomic E-state index is 0.325. The molecular weight excluding hydrogens is 222 g/mol. The third kappa shape index (κ3) is 2.77. The van der Waals surface area contributed by atoms with E-state index in [4.69, 9.17) is 10.2 Å². The molecule has 5 heteroatoms. The smallest absolute Gasteiger partial charge is 0.276 e. The zero-order valence-corrected chi connectivity index (χ0v) is 10.7. The van der Waals surface area contributed by atoms with Crippen LogP contribution in [0.5, 0.6) is 0 Å². The molecule has 1 fully saturated rings. The summed E-state index contributed by atoms with van der Waals surface area (Å²) < 4.78 is 5.41. The second kappa shape index (κ2) is 5.19. The Balaban J connectivity index is 1.90. The molecule has 0 saturated heterocycles. The van der Waals surface area contributed by atoms with Gasteiger partial charge in [-0.1, -0.05) is 25.6 Å². The highest BCUT2D eigenvalue weighted by Gasteiger charge is 2.26. The molecule has 0 spiro atoms. The predicted octanol–water partition coefficient (Wildman–Crippen LogP) is 2.45. The normalized spacial score (nSPS) is 30.6. The predicted molar refractivity (Wildman–Crippen MR) is 64.0 cm³/mol. The molecule has 0 amide bonds. The molecule has 16 heavy (non-hydrogen) atoms. The van der Waals surface area contributed by atoms with E-state index in [1.54, 1.807) is 11.8 Å². The van der Waals surface area contributed by atoms with E-state index in [1.807, 2.05) is 0 Å². The van der Waals surface area contributed by atoms with Crippen LogP contribution in [0.2, 0.25) is 0 Å². The molecule has 3 unspecified atom stereocenters. The quantitative estimate of drug-likeness (QED) is 0.880. The van der Waals surface area contributed by atoms with Crippen LogP contribution in [-0.2, 0) is 6.54 Å². The summed E-state index contributed by atoms with van der Waals surface area (Å²) in [5.41, 5.74) is 5.43. The lowest BCUT2D eigenvalue weighted by atomic mass is 9.81. The van der Waals surface area contributed by atoms with Gasteiger partial charge in [0.05, 0.1) is 6.54 Å². The Labute approximate surface area is 100 Å². The number of nitrogens with two attached hydrogens (primary N) is 1. The van der Waals surface area contributed by atoms with Gasteiger partial charge in [-0.2, -0.15) is 0 Å². The first-order valence-corrected chi connectivity index (χ1v) is 6.76. The third-order valence-electron chi connectivity index (χ3n) is 3.44. The Bertz CT molecular complexity index is 342. The van der Waals surface area contributed by atoms with Crippen molar-refractivity contribution in [2.75, 3.05) is 0 Å². The lowest BCUT2D eigenvalue weighted by Gasteiger charge is -2.30. The van der Waals surface area contributed by atoms with Gasteiger partial charge >= 0.3 is 0 Å². The van der Waals surface area contributed by atoms with E-state index >= 15 is 0 Å². The van der Waals surface area contributed by atoms with Crippen LogP contribution in [0.1, 0.15) is 39.0 Å². The second-order valence-corrected chi connectivity index (χ2v) is 5.92. The number of rotatable bonds is 3. The first-order chi connectivity index (χ1) is 7.69. The Morgan fingerprint density at radius 3 is 2.75 bits per heavy atom. The van der Waals surface area contributed by atoms with Crippen LogP contribution < -0.4 is 5.73 Å². The van der Waals surface area contributed by atoms with E-state index < -0.39 is 0 Å². The van der Waals surface area contributed by atoms with Gasteiger partial charge in [0.2, 0.25) is 5.89 Å². The molecule has 0 aromatic carbocycles. The van der Waals surface area contributed by atoms with Crippen LogP contribution in [0, 0.1) is 11.8 Å². The fourth-order valence-electron chi connectivity index (χ4n) is 2.12. The van der Waals surface area contributed by atoms with E-state index in [0.717, 1.165) is 11.8 Å². The third-order valence-corrected chi connectivity index (χ3v) is 4.57. The SMILES string of the molecule is CC1CCC(Sc2nnc(CN)o2)CC1C. The monoisotopic (exact) mass is 241 g/mol. The van der Waals surface area contributed by atoms with E-state index in [2.05, 4.69) is 24.0 Å². The van der Waals surface area contributed by atoms with E-state index in [1.165, 1.54) is 19.3 Å². The van der Waals surface area contributed by atoms with Crippen LogP contribution >= 0.6 is 11.8 Å². The number of nitrogens with zero attached hydrogens (tertiary/aromatic N) is 2. The molecule has 0 bridgehead atoms. The van der Waals surface area contributed by atoms with Crippen molar-refractivity contribution >= 4 is 11.8 Å². The van der Waals surface area contributed by atoms with Crippen molar-refractivity contribution in [2.24, 2.45) is 17.6 Å². The zero-order valence-electron chi connectivity index (χ0n) is 9.85. The van der Waals surface area contributed by atoms with Gasteiger partial charge < -0.3 is 10.2 Å². The zero-order chi connectivity index (χ0) is 11.5. The molecule has 2 N–H and O–H groups in total. The maximum absolute atomic E-state index is 5.43. The fraction of sp³-hybridized carbons (Fsp3) is 0.818. The van der Waals surface area contributed by atoms with Crippen LogP contribution in [0.15, 0.2) is 9.64 Å². The molecule has 1 aliphatic carbocycles. The molecule has 3 atom stereocenters. The van der Waals surface area contributed by atoms with Gasteiger partial charge in [-0.3, -0.25) is 0 Å². The van der Waals surface area contributed by atoms with Crippen molar-refractivity contribution in [1.29, 1.82) is 0 Å². The molecule has 90 valence electrons. The van der Waals surface area contributed by atoms with Gasteiger partial charge in [-0.15, -0.1) is 10.2 Å². The van der Waals surface area contributed by atoms with Gasteiger partial charge in [0, 0.05) is 5.25 Å². The number of aromatic nitrogens is 2. The summed E-state index contributed by atoms with van der Waals surface area (Å²) in [6.07, 6.45) is 3.79. The van der Waals surface area contributed by atoms with Crippen LogP contribution in [-0.4, -0.2) is 15.4 Å². The Kier molecular flexibility index (Phi) is 3.86. The van der Waals surface area contributed by atoms with Crippen molar-refractivity contribution in [3.8, 4) is 0 Å². The molecule has 0 aliphatic heterocycles. The standard InChI is InChI=1S/C11H19N3OS/c1-7-3-4-9(5-8(7)2)16-11-14-13-10(6-12)15-11/h7-9H,3-6,12H2,1-2H3. The first kappa shape index (κ1) is 11.9. The molecule has 0 radical (unpaired) electrons. The van der Waals surface area contributed by atoms with E-state index in [-0.39, 0.29) is 0 Å². The lowest BCUT2D eigenvalue weighted by molar-refractivity contribution is 0.282. The molecule has 1 aromatic heterocycles. The van der Waals surface area contributed by atoms with Gasteiger partial charge in [-0.05, 0) is 31.1 Å². The van der Waals surface area contributed by atoms with Gasteiger partial charge in [-0.25, -0.2) is 0 Å². The first-order valence-electron chi connectivity index (χ1n) is 5.88. The highest BCUT2D eigenvalue weighted by molar-refractivity contribution is 7.99. The van der Waals surface area contributed by atoms with Gasteiger partial charge in [0.15, 0.2) is 0 Å². The average Bonchev–Trinajstić information content (AvgIpc) is 2.71. The molecule has 1 aliphatic rings. The minimum Gasteiger partial charge on any atom is -0.415 e. The van der Waals surface area contributed by atoms with Crippen molar-refractivity contribution in [3.05, 3.63) is 5.89 Å². The van der Waals surface area contributed by atoms with Crippen LogP contribution in [0.3, 0.4) is 0 Å². The van der Waals surface area contributed by atoms with Crippen LogP contribution in [0.4, 0.5) is 0 Å². The summed E-state index contributed by atoms with van der Waals surface area (Å²) in [5.74, 6) is 2.17. The van der Waals surface area contributed by atoms with Gasteiger partial charge in [0.1, 0.15) is 0 Å². The van der Waals surface area contributed by atoms with E-state index in [9.17, 15) is 0 Å². The highest BCUT2D eigenvalue weighted by atomic mass is 32.2. The fourth-order valence-corrected chi connectivity index (χ4v) is 3.29. The summed E-state index contributed by atoms with van der Waals surface area (Å²) in [6.45, 7) is 4.99. The van der Waals surface area contributed by atoms with Crippen LogP contribution in [0.25, 0.3) is 0 Å². The Hall–Kier alpha value is -0.550. The maximum Gasteiger partial charge on any atom is 0.276 e. The number of hydrogen-bond donors (Lipinski definition) is 1.